The Morgan fingerprint density at radius 3 is 2.48 bits per heavy atom. The first-order chi connectivity index (χ1) is 13.1. The maximum Gasteiger partial charge on any atom is 0.260 e. The highest BCUT2D eigenvalue weighted by molar-refractivity contribution is 5.94. The lowest BCUT2D eigenvalue weighted by molar-refractivity contribution is -0.134. The summed E-state index contributed by atoms with van der Waals surface area (Å²) in [5.41, 5.74) is 0.610. The van der Waals surface area contributed by atoms with E-state index >= 15 is 0 Å². The number of amides is 1. The fourth-order valence-electron chi connectivity index (χ4n) is 2.83. The van der Waals surface area contributed by atoms with Gasteiger partial charge in [-0.1, -0.05) is 12.1 Å². The van der Waals surface area contributed by atoms with Gasteiger partial charge in [-0.2, -0.15) is 0 Å². The fraction of sp³-hybridized carbons (Fsp3) is 0.333. The van der Waals surface area contributed by atoms with E-state index in [1.54, 1.807) is 29.2 Å². The summed E-state index contributed by atoms with van der Waals surface area (Å²) in [5, 5.41) is 0. The minimum absolute atomic E-state index is 0.00828. The van der Waals surface area contributed by atoms with Crippen LogP contribution in [0.25, 0.3) is 0 Å². The van der Waals surface area contributed by atoms with Crippen molar-refractivity contribution in [3.05, 3.63) is 54.1 Å². The predicted molar refractivity (Wildman–Crippen MR) is 101 cm³/mol. The minimum Gasteiger partial charge on any atom is -0.486 e. The van der Waals surface area contributed by atoms with Crippen molar-refractivity contribution in [2.24, 2.45) is 0 Å². The molecular formula is C21H23NO5. The van der Waals surface area contributed by atoms with Gasteiger partial charge >= 0.3 is 0 Å². The molecule has 6 heteroatoms. The van der Waals surface area contributed by atoms with Crippen LogP contribution in [0.2, 0.25) is 0 Å². The quantitative estimate of drug-likeness (QED) is 0.702. The molecule has 142 valence electrons. The van der Waals surface area contributed by atoms with Crippen LogP contribution in [0, 0.1) is 0 Å². The summed E-state index contributed by atoms with van der Waals surface area (Å²) in [6.45, 7) is 4.72. The summed E-state index contributed by atoms with van der Waals surface area (Å²) in [4.78, 5) is 25.5. The number of likely N-dealkylation sites (N-methyl/N-ethyl adjacent to an activating group) is 1. The van der Waals surface area contributed by atoms with Crippen molar-refractivity contribution in [1.29, 1.82) is 0 Å². The second kappa shape index (κ2) is 8.58. The molecule has 0 aliphatic carbocycles. The van der Waals surface area contributed by atoms with Gasteiger partial charge in [0.15, 0.2) is 30.0 Å². The van der Waals surface area contributed by atoms with Gasteiger partial charge in [-0.3, -0.25) is 9.59 Å². The standard InChI is InChI=1S/C21H23NO5/c1-3-22(12-18-13-26-19-6-4-5-7-20(19)27-18)21(24)14-25-17-10-8-16(9-11-17)15(2)23/h4-11,18H,3,12-14H2,1-2H3/t18-/m1/s1. The number of hydrogen-bond acceptors (Lipinski definition) is 5. The first kappa shape index (κ1) is 18.8. The Bertz CT molecular complexity index is 802. The number of benzene rings is 2. The zero-order valence-corrected chi connectivity index (χ0v) is 15.5. The molecule has 0 unspecified atom stereocenters. The van der Waals surface area contributed by atoms with Gasteiger partial charge in [0, 0.05) is 12.1 Å². The summed E-state index contributed by atoms with van der Waals surface area (Å²) in [6, 6.07) is 14.2. The second-order valence-electron chi connectivity index (χ2n) is 6.30. The number of ether oxygens (including phenoxy) is 3. The van der Waals surface area contributed by atoms with Crippen LogP contribution in [0.5, 0.6) is 17.2 Å². The number of para-hydroxylation sites is 2. The van der Waals surface area contributed by atoms with E-state index in [1.807, 2.05) is 31.2 Å². The molecule has 3 rings (SSSR count). The number of hydrogen-bond donors (Lipinski definition) is 0. The summed E-state index contributed by atoms with van der Waals surface area (Å²) >= 11 is 0. The summed E-state index contributed by atoms with van der Waals surface area (Å²) in [5.74, 6) is 1.83. The van der Waals surface area contributed by atoms with Gasteiger partial charge in [0.05, 0.1) is 6.54 Å². The number of fused-ring (bicyclic) bond motifs is 1. The Morgan fingerprint density at radius 2 is 1.81 bits per heavy atom. The predicted octanol–water partition coefficient (Wildman–Crippen LogP) is 2.96. The lowest BCUT2D eigenvalue weighted by atomic mass is 10.1. The summed E-state index contributed by atoms with van der Waals surface area (Å²) < 4.78 is 17.2. The van der Waals surface area contributed by atoms with E-state index in [9.17, 15) is 9.59 Å². The van der Waals surface area contributed by atoms with Gasteiger partial charge in [-0.05, 0) is 50.2 Å². The number of Topliss-reactive ketones (excluding diaryl/α,β-unsaturated/α-hetero) is 1. The number of carbonyl (C=O) groups excluding carboxylic acids is 2. The lowest BCUT2D eigenvalue weighted by Gasteiger charge is -2.30. The molecule has 0 radical (unpaired) electrons. The normalized spacial score (nSPS) is 15.1. The Hall–Kier alpha value is -3.02. The Kier molecular flexibility index (Phi) is 5.96. The van der Waals surface area contributed by atoms with E-state index < -0.39 is 0 Å². The minimum atomic E-state index is -0.223. The Balaban J connectivity index is 1.53. The molecule has 6 nitrogen and oxygen atoms in total. The molecule has 1 aliphatic rings. The first-order valence-electron chi connectivity index (χ1n) is 8.97. The third-order valence-electron chi connectivity index (χ3n) is 4.35. The van der Waals surface area contributed by atoms with Crippen LogP contribution in [0.1, 0.15) is 24.2 Å². The maximum atomic E-state index is 12.5. The van der Waals surface area contributed by atoms with Gasteiger partial charge in [0.1, 0.15) is 12.4 Å². The lowest BCUT2D eigenvalue weighted by Crippen LogP contribution is -2.45. The van der Waals surface area contributed by atoms with E-state index in [-0.39, 0.29) is 24.4 Å². The third kappa shape index (κ3) is 4.78. The third-order valence-corrected chi connectivity index (χ3v) is 4.35. The zero-order valence-electron chi connectivity index (χ0n) is 15.5. The summed E-state index contributed by atoms with van der Waals surface area (Å²) in [7, 11) is 0. The van der Waals surface area contributed by atoms with Crippen molar-refractivity contribution in [2.45, 2.75) is 20.0 Å². The van der Waals surface area contributed by atoms with Crippen molar-refractivity contribution >= 4 is 11.7 Å². The monoisotopic (exact) mass is 369 g/mol. The summed E-state index contributed by atoms with van der Waals surface area (Å²) in [6.07, 6.45) is -0.223. The van der Waals surface area contributed by atoms with Gasteiger partial charge < -0.3 is 19.1 Å². The van der Waals surface area contributed by atoms with Gasteiger partial charge in [0.2, 0.25) is 0 Å². The van der Waals surface area contributed by atoms with Crippen LogP contribution >= 0.6 is 0 Å². The van der Waals surface area contributed by atoms with Gasteiger partial charge in [-0.15, -0.1) is 0 Å². The number of nitrogens with zero attached hydrogens (tertiary/aromatic N) is 1. The molecule has 0 fully saturated rings. The van der Waals surface area contributed by atoms with E-state index in [2.05, 4.69) is 0 Å². The van der Waals surface area contributed by atoms with E-state index in [1.165, 1.54) is 6.92 Å². The largest absolute Gasteiger partial charge is 0.486 e. The van der Waals surface area contributed by atoms with Crippen molar-refractivity contribution in [3.8, 4) is 17.2 Å². The smallest absolute Gasteiger partial charge is 0.260 e. The molecule has 0 aromatic heterocycles. The SMILES string of the molecule is CCN(C[C@@H]1COc2ccccc2O1)C(=O)COc1ccc(C(C)=O)cc1. The Morgan fingerprint density at radius 1 is 1.11 bits per heavy atom. The molecule has 27 heavy (non-hydrogen) atoms. The highest BCUT2D eigenvalue weighted by Crippen LogP contribution is 2.31. The van der Waals surface area contributed by atoms with Crippen LogP contribution in [0.4, 0.5) is 0 Å². The van der Waals surface area contributed by atoms with Crippen LogP contribution < -0.4 is 14.2 Å². The van der Waals surface area contributed by atoms with Crippen molar-refractivity contribution < 1.29 is 23.8 Å². The topological polar surface area (TPSA) is 65.1 Å². The highest BCUT2D eigenvalue weighted by Gasteiger charge is 2.24. The molecule has 1 heterocycles. The fourth-order valence-corrected chi connectivity index (χ4v) is 2.83. The molecule has 2 aromatic rings. The first-order valence-corrected chi connectivity index (χ1v) is 8.97. The van der Waals surface area contributed by atoms with Crippen LogP contribution in [-0.2, 0) is 4.79 Å². The van der Waals surface area contributed by atoms with Gasteiger partial charge in [0.25, 0.3) is 5.91 Å². The average molecular weight is 369 g/mol. The van der Waals surface area contributed by atoms with Crippen LogP contribution in [0.3, 0.4) is 0 Å². The van der Waals surface area contributed by atoms with E-state index in [0.717, 1.165) is 5.75 Å². The van der Waals surface area contributed by atoms with Crippen molar-refractivity contribution in [3.63, 3.8) is 0 Å². The molecule has 1 atom stereocenters. The molecular weight excluding hydrogens is 346 g/mol. The van der Waals surface area contributed by atoms with E-state index in [4.69, 9.17) is 14.2 Å². The Labute approximate surface area is 158 Å². The average Bonchev–Trinajstić information content (AvgIpc) is 2.70. The molecule has 2 aromatic carbocycles. The number of rotatable bonds is 7. The molecule has 1 aliphatic heterocycles. The van der Waals surface area contributed by atoms with Crippen molar-refractivity contribution in [1.82, 2.24) is 4.90 Å². The molecule has 0 saturated carbocycles. The van der Waals surface area contributed by atoms with Gasteiger partial charge in [-0.25, -0.2) is 0 Å². The zero-order chi connectivity index (χ0) is 19.2. The molecule has 0 saturated heterocycles. The van der Waals surface area contributed by atoms with E-state index in [0.29, 0.717) is 36.8 Å². The highest BCUT2D eigenvalue weighted by atomic mass is 16.6. The second-order valence-corrected chi connectivity index (χ2v) is 6.30. The van der Waals surface area contributed by atoms with Crippen LogP contribution in [0.15, 0.2) is 48.5 Å². The molecule has 1 amide bonds. The number of ketones is 1. The molecule has 0 N–H and O–H groups in total. The molecule has 0 spiro atoms. The molecule has 0 bridgehead atoms. The maximum absolute atomic E-state index is 12.5. The van der Waals surface area contributed by atoms with Crippen LogP contribution in [-0.4, -0.2) is 49.0 Å². The number of carbonyl (C=O) groups is 2. The van der Waals surface area contributed by atoms with Crippen molar-refractivity contribution in [2.75, 3.05) is 26.3 Å².